The first-order chi connectivity index (χ1) is 13.9. The minimum absolute atomic E-state index is 0.0317. The Labute approximate surface area is 172 Å². The molecule has 0 saturated carbocycles. The Morgan fingerprint density at radius 1 is 0.828 bits per heavy atom. The molecule has 0 saturated heterocycles. The number of rotatable bonds is 7. The summed E-state index contributed by atoms with van der Waals surface area (Å²) < 4.78 is 0. The lowest BCUT2D eigenvalue weighted by atomic mass is 9.97. The Morgan fingerprint density at radius 2 is 1.48 bits per heavy atom. The lowest BCUT2D eigenvalue weighted by molar-refractivity contribution is -0.117. The van der Waals surface area contributed by atoms with Crippen molar-refractivity contribution in [2.75, 3.05) is 5.32 Å². The van der Waals surface area contributed by atoms with Gasteiger partial charge >= 0.3 is 0 Å². The molecule has 0 aliphatic heterocycles. The third-order valence-corrected chi connectivity index (χ3v) is 4.89. The number of ketones is 1. The van der Waals surface area contributed by atoms with E-state index in [0.717, 1.165) is 11.1 Å². The van der Waals surface area contributed by atoms with Gasteiger partial charge in [0.25, 0.3) is 0 Å². The van der Waals surface area contributed by atoms with E-state index < -0.39 is 6.04 Å². The van der Waals surface area contributed by atoms with E-state index in [2.05, 4.69) is 54.0 Å². The van der Waals surface area contributed by atoms with E-state index in [4.69, 9.17) is 0 Å². The molecule has 29 heavy (non-hydrogen) atoms. The van der Waals surface area contributed by atoms with Crippen molar-refractivity contribution in [2.45, 2.75) is 32.9 Å². The molecule has 0 aliphatic carbocycles. The van der Waals surface area contributed by atoms with Crippen molar-refractivity contribution in [3.63, 3.8) is 0 Å². The molecule has 0 fully saturated rings. The largest absolute Gasteiger partial charge is 0.325 e. The smallest absolute Gasteiger partial charge is 0.241 e. The molecule has 0 aliphatic rings. The maximum Gasteiger partial charge on any atom is 0.241 e. The van der Waals surface area contributed by atoms with Gasteiger partial charge in [-0.1, -0.05) is 72.3 Å². The van der Waals surface area contributed by atoms with Gasteiger partial charge in [-0.15, -0.1) is 0 Å². The highest BCUT2D eigenvalue weighted by Gasteiger charge is 2.21. The average molecular weight is 386 g/mol. The van der Waals surface area contributed by atoms with Crippen LogP contribution in [0.5, 0.6) is 0 Å². The molecular weight excluding hydrogens is 360 g/mol. The van der Waals surface area contributed by atoms with E-state index in [1.54, 1.807) is 24.3 Å². The number of nitrogens with one attached hydrogen (secondary N) is 2. The van der Waals surface area contributed by atoms with E-state index in [9.17, 15) is 9.59 Å². The summed E-state index contributed by atoms with van der Waals surface area (Å²) in [5.74, 6) is -0.186. The standard InChI is InChI=1S/C25H26N2O2/c1-17-12-14-21(15-13-17)24(20-8-5-4-6-9-20)26-18(2)25(29)27-23-11-7-10-22(16-23)19(3)28/h4-16,18,24,26H,1-3H3,(H,27,29)/t18-,24+/m0/s1. The van der Waals surface area contributed by atoms with Gasteiger partial charge in [-0.2, -0.15) is 0 Å². The summed E-state index contributed by atoms with van der Waals surface area (Å²) in [6.45, 7) is 5.41. The number of Topliss-reactive ketones (excluding diaryl/α,β-unsaturated/α-hetero) is 1. The number of hydrogen-bond donors (Lipinski definition) is 2. The Morgan fingerprint density at radius 3 is 2.14 bits per heavy atom. The Kier molecular flexibility index (Phi) is 6.57. The molecule has 3 aromatic carbocycles. The van der Waals surface area contributed by atoms with Crippen molar-refractivity contribution >= 4 is 17.4 Å². The van der Waals surface area contributed by atoms with Crippen molar-refractivity contribution < 1.29 is 9.59 Å². The molecule has 1 amide bonds. The van der Waals surface area contributed by atoms with E-state index >= 15 is 0 Å². The monoisotopic (exact) mass is 386 g/mol. The van der Waals surface area contributed by atoms with Crippen LogP contribution >= 0.6 is 0 Å². The zero-order valence-corrected chi connectivity index (χ0v) is 17.0. The molecule has 2 N–H and O–H groups in total. The number of carbonyl (C=O) groups excluding carboxylic acids is 2. The fourth-order valence-electron chi connectivity index (χ4n) is 3.18. The molecule has 2 atom stereocenters. The number of benzene rings is 3. The summed E-state index contributed by atoms with van der Waals surface area (Å²) in [6.07, 6.45) is 0. The van der Waals surface area contributed by atoms with Gasteiger partial charge in [0.2, 0.25) is 5.91 Å². The molecule has 0 aromatic heterocycles. The van der Waals surface area contributed by atoms with Crippen molar-refractivity contribution in [2.24, 2.45) is 0 Å². The number of hydrogen-bond acceptors (Lipinski definition) is 3. The van der Waals surface area contributed by atoms with Crippen LogP contribution in [0.4, 0.5) is 5.69 Å². The van der Waals surface area contributed by atoms with Gasteiger partial charge < -0.3 is 5.32 Å². The van der Waals surface area contributed by atoms with Gasteiger partial charge in [0.05, 0.1) is 12.1 Å². The van der Waals surface area contributed by atoms with Gasteiger partial charge in [-0.3, -0.25) is 14.9 Å². The topological polar surface area (TPSA) is 58.2 Å². The Hall–Kier alpha value is -3.24. The second-order valence-corrected chi connectivity index (χ2v) is 7.27. The number of carbonyl (C=O) groups is 2. The Bertz CT molecular complexity index is 981. The molecule has 4 heteroatoms. The third-order valence-electron chi connectivity index (χ3n) is 4.89. The molecule has 3 rings (SSSR count). The van der Waals surface area contributed by atoms with E-state index in [1.165, 1.54) is 12.5 Å². The van der Waals surface area contributed by atoms with E-state index in [1.807, 2.05) is 25.1 Å². The lowest BCUT2D eigenvalue weighted by Gasteiger charge is -2.24. The van der Waals surface area contributed by atoms with Crippen LogP contribution < -0.4 is 10.6 Å². The van der Waals surface area contributed by atoms with Crippen LogP contribution in [0.25, 0.3) is 0 Å². The average Bonchev–Trinajstić information content (AvgIpc) is 2.73. The second-order valence-electron chi connectivity index (χ2n) is 7.27. The second kappa shape index (κ2) is 9.30. The number of anilines is 1. The van der Waals surface area contributed by atoms with Crippen LogP contribution in [0, 0.1) is 6.92 Å². The van der Waals surface area contributed by atoms with Crippen molar-refractivity contribution in [3.05, 3.63) is 101 Å². The summed E-state index contributed by atoms with van der Waals surface area (Å²) >= 11 is 0. The lowest BCUT2D eigenvalue weighted by Crippen LogP contribution is -2.40. The molecule has 4 nitrogen and oxygen atoms in total. The van der Waals surface area contributed by atoms with Crippen molar-refractivity contribution in [1.82, 2.24) is 5.32 Å². The highest BCUT2D eigenvalue weighted by molar-refractivity contribution is 5.98. The predicted molar refractivity (Wildman–Crippen MR) is 117 cm³/mol. The number of amides is 1. The Balaban J connectivity index is 1.78. The summed E-state index contributed by atoms with van der Waals surface area (Å²) in [7, 11) is 0. The van der Waals surface area contributed by atoms with Crippen LogP contribution in [0.3, 0.4) is 0 Å². The molecule has 0 unspecified atom stereocenters. The van der Waals surface area contributed by atoms with Crippen LogP contribution in [-0.2, 0) is 4.79 Å². The first kappa shape index (κ1) is 20.5. The normalized spacial score (nSPS) is 12.8. The van der Waals surface area contributed by atoms with Gasteiger partial charge in [-0.05, 0) is 44.0 Å². The molecular formula is C25H26N2O2. The molecule has 0 spiro atoms. The fourth-order valence-corrected chi connectivity index (χ4v) is 3.18. The SMILES string of the molecule is CC(=O)c1cccc(NC(=O)[C@H](C)N[C@H](c2ccccc2)c2ccc(C)cc2)c1. The molecule has 0 bridgehead atoms. The summed E-state index contributed by atoms with van der Waals surface area (Å²) in [4.78, 5) is 24.4. The molecule has 0 radical (unpaired) electrons. The maximum atomic E-state index is 12.8. The molecule has 3 aromatic rings. The van der Waals surface area contributed by atoms with E-state index in [0.29, 0.717) is 11.3 Å². The van der Waals surface area contributed by atoms with E-state index in [-0.39, 0.29) is 17.7 Å². The van der Waals surface area contributed by atoms with Crippen LogP contribution in [0.15, 0.2) is 78.9 Å². The predicted octanol–water partition coefficient (Wildman–Crippen LogP) is 4.90. The van der Waals surface area contributed by atoms with Gasteiger partial charge in [0.1, 0.15) is 0 Å². The quantitative estimate of drug-likeness (QED) is 0.568. The maximum absolute atomic E-state index is 12.8. The van der Waals surface area contributed by atoms with Gasteiger partial charge in [-0.25, -0.2) is 0 Å². The highest BCUT2D eigenvalue weighted by atomic mass is 16.2. The summed E-state index contributed by atoms with van der Waals surface area (Å²) in [6, 6.07) is 24.8. The summed E-state index contributed by atoms with van der Waals surface area (Å²) in [5.41, 5.74) is 4.57. The van der Waals surface area contributed by atoms with Crippen LogP contribution in [0.1, 0.15) is 46.9 Å². The highest BCUT2D eigenvalue weighted by Crippen LogP contribution is 2.23. The minimum Gasteiger partial charge on any atom is -0.325 e. The zero-order chi connectivity index (χ0) is 20.8. The molecule has 148 valence electrons. The zero-order valence-electron chi connectivity index (χ0n) is 17.0. The fraction of sp³-hybridized carbons (Fsp3) is 0.200. The van der Waals surface area contributed by atoms with Gasteiger partial charge in [0.15, 0.2) is 5.78 Å². The van der Waals surface area contributed by atoms with Crippen molar-refractivity contribution in [3.8, 4) is 0 Å². The van der Waals surface area contributed by atoms with Crippen LogP contribution in [-0.4, -0.2) is 17.7 Å². The number of aryl methyl sites for hydroxylation is 1. The van der Waals surface area contributed by atoms with Crippen molar-refractivity contribution in [1.29, 1.82) is 0 Å². The van der Waals surface area contributed by atoms with Gasteiger partial charge in [0, 0.05) is 11.3 Å². The molecule has 0 heterocycles. The third kappa shape index (κ3) is 5.39. The first-order valence-electron chi connectivity index (χ1n) is 9.73. The summed E-state index contributed by atoms with van der Waals surface area (Å²) in [5, 5.41) is 6.35. The van der Waals surface area contributed by atoms with Crippen LogP contribution in [0.2, 0.25) is 0 Å². The first-order valence-corrected chi connectivity index (χ1v) is 9.73. The minimum atomic E-state index is -0.442.